The van der Waals surface area contributed by atoms with Gasteiger partial charge in [-0.1, -0.05) is 48.5 Å². The molecule has 0 saturated carbocycles. The van der Waals surface area contributed by atoms with Crippen LogP contribution >= 0.6 is 0 Å². The third-order valence-electron chi connectivity index (χ3n) is 4.39. The van der Waals surface area contributed by atoms with Crippen molar-refractivity contribution in [2.45, 2.75) is 19.5 Å². The summed E-state index contributed by atoms with van der Waals surface area (Å²) in [5.74, 6) is -0.924. The molecule has 0 fully saturated rings. The van der Waals surface area contributed by atoms with Crippen molar-refractivity contribution in [2.75, 3.05) is 0 Å². The third kappa shape index (κ3) is 2.32. The van der Waals surface area contributed by atoms with E-state index in [1.54, 1.807) is 0 Å². The molecule has 1 aliphatic heterocycles. The lowest BCUT2D eigenvalue weighted by molar-refractivity contribution is -0.129. The Morgan fingerprint density at radius 1 is 1.09 bits per heavy atom. The number of hydrogen-bond acceptors (Lipinski definition) is 2. The van der Waals surface area contributed by atoms with Gasteiger partial charge in [-0.2, -0.15) is 0 Å². The first-order chi connectivity index (χ1) is 11.2. The first-order valence-corrected chi connectivity index (χ1v) is 7.63. The number of aromatic nitrogens is 1. The molecule has 1 aromatic heterocycles. The van der Waals surface area contributed by atoms with Crippen LogP contribution in [-0.4, -0.2) is 21.4 Å². The molecule has 1 N–H and O–H groups in total. The molecule has 4 rings (SSSR count). The molecule has 0 radical (unpaired) electrons. The summed E-state index contributed by atoms with van der Waals surface area (Å²) in [4.78, 5) is 15.6. The molecular weight excluding hydrogens is 288 g/mol. The van der Waals surface area contributed by atoms with Gasteiger partial charge in [0.1, 0.15) is 5.71 Å². The zero-order chi connectivity index (χ0) is 15.8. The van der Waals surface area contributed by atoms with Crippen molar-refractivity contribution >= 4 is 22.6 Å². The summed E-state index contributed by atoms with van der Waals surface area (Å²) < 4.78 is 2.23. The molecule has 1 aliphatic rings. The Labute approximate surface area is 133 Å². The molecule has 2 heterocycles. The number of aliphatic imine (C=N–C) groups is 1. The van der Waals surface area contributed by atoms with E-state index < -0.39 is 5.97 Å². The number of aliphatic carboxylic acids is 1. The Morgan fingerprint density at radius 3 is 2.61 bits per heavy atom. The van der Waals surface area contributed by atoms with Gasteiger partial charge in [-0.3, -0.25) is 4.99 Å². The van der Waals surface area contributed by atoms with Crippen molar-refractivity contribution in [3.63, 3.8) is 0 Å². The molecule has 0 aliphatic carbocycles. The summed E-state index contributed by atoms with van der Waals surface area (Å²) in [6, 6.07) is 18.5. The van der Waals surface area contributed by atoms with E-state index in [1.807, 2.05) is 30.3 Å². The minimum absolute atomic E-state index is 0.245. The Morgan fingerprint density at radius 2 is 1.83 bits per heavy atom. The van der Waals surface area contributed by atoms with Crippen molar-refractivity contribution in [1.29, 1.82) is 0 Å². The van der Waals surface area contributed by atoms with Gasteiger partial charge in [-0.25, -0.2) is 4.79 Å². The predicted molar refractivity (Wildman–Crippen MR) is 90.0 cm³/mol. The highest BCUT2D eigenvalue weighted by Gasteiger charge is 2.24. The number of nitrogens with zero attached hydrogens (tertiary/aromatic N) is 2. The van der Waals surface area contributed by atoms with E-state index in [9.17, 15) is 9.90 Å². The average Bonchev–Trinajstić information content (AvgIpc) is 2.90. The summed E-state index contributed by atoms with van der Waals surface area (Å²) >= 11 is 0. The second-order valence-corrected chi connectivity index (χ2v) is 5.76. The zero-order valence-corrected chi connectivity index (χ0v) is 12.6. The Balaban J connectivity index is 1.87. The van der Waals surface area contributed by atoms with Crippen molar-refractivity contribution < 1.29 is 9.90 Å². The van der Waals surface area contributed by atoms with Gasteiger partial charge in [0.25, 0.3) is 0 Å². The maximum Gasteiger partial charge on any atom is 0.350 e. The highest BCUT2D eigenvalue weighted by molar-refractivity contribution is 6.36. The summed E-state index contributed by atoms with van der Waals surface area (Å²) in [6.07, 6.45) is 0.381. The summed E-state index contributed by atoms with van der Waals surface area (Å²) in [6.45, 7) is 1.18. The smallest absolute Gasteiger partial charge is 0.350 e. The maximum atomic E-state index is 11.3. The van der Waals surface area contributed by atoms with Crippen molar-refractivity contribution in [2.24, 2.45) is 4.99 Å². The molecular formula is C19H16N2O2. The van der Waals surface area contributed by atoms with E-state index in [-0.39, 0.29) is 5.71 Å². The van der Waals surface area contributed by atoms with Crippen LogP contribution < -0.4 is 0 Å². The van der Waals surface area contributed by atoms with Gasteiger partial charge in [-0.05, 0) is 11.6 Å². The van der Waals surface area contributed by atoms with Gasteiger partial charge < -0.3 is 9.67 Å². The molecule has 2 aromatic carbocycles. The number of para-hydroxylation sites is 1. The summed E-state index contributed by atoms with van der Waals surface area (Å²) in [5.41, 5.74) is 4.82. The van der Waals surface area contributed by atoms with Gasteiger partial charge in [0.15, 0.2) is 0 Å². The van der Waals surface area contributed by atoms with Crippen LogP contribution in [0.5, 0.6) is 0 Å². The maximum absolute atomic E-state index is 11.3. The van der Waals surface area contributed by atoms with E-state index in [4.69, 9.17) is 0 Å². The molecule has 4 heteroatoms. The lowest BCUT2D eigenvalue weighted by atomic mass is 10.0. The van der Waals surface area contributed by atoms with Gasteiger partial charge in [0, 0.05) is 35.1 Å². The van der Waals surface area contributed by atoms with Crippen LogP contribution in [0.3, 0.4) is 0 Å². The minimum atomic E-state index is -0.924. The number of benzene rings is 2. The minimum Gasteiger partial charge on any atom is -0.477 e. The largest absolute Gasteiger partial charge is 0.477 e. The highest BCUT2D eigenvalue weighted by Crippen LogP contribution is 2.30. The van der Waals surface area contributed by atoms with Gasteiger partial charge in [0.05, 0.1) is 6.54 Å². The number of carboxylic acids is 1. The molecule has 3 aromatic rings. The van der Waals surface area contributed by atoms with E-state index in [1.165, 1.54) is 10.9 Å². The second-order valence-electron chi connectivity index (χ2n) is 5.76. The van der Waals surface area contributed by atoms with Crippen LogP contribution in [0.25, 0.3) is 10.9 Å². The van der Waals surface area contributed by atoms with Crippen LogP contribution in [-0.2, 0) is 24.3 Å². The second kappa shape index (κ2) is 5.39. The fourth-order valence-corrected chi connectivity index (χ4v) is 3.29. The zero-order valence-electron chi connectivity index (χ0n) is 12.6. The quantitative estimate of drug-likeness (QED) is 0.807. The lowest BCUT2D eigenvalue weighted by Gasteiger charge is -2.15. The Bertz CT molecular complexity index is 923. The fraction of sp³-hybridized carbons (Fsp3) is 0.158. The monoisotopic (exact) mass is 304 g/mol. The third-order valence-corrected chi connectivity index (χ3v) is 4.39. The number of rotatable bonds is 3. The Kier molecular flexibility index (Phi) is 3.23. The molecule has 0 bridgehead atoms. The number of fused-ring (bicyclic) bond motifs is 3. The SMILES string of the molecule is O=C(O)C1=NCc2c(n(Cc3ccccc3)c3ccccc23)C1. The lowest BCUT2D eigenvalue weighted by Crippen LogP contribution is -2.22. The molecule has 23 heavy (non-hydrogen) atoms. The van der Waals surface area contributed by atoms with E-state index in [0.717, 1.165) is 23.3 Å². The van der Waals surface area contributed by atoms with Gasteiger partial charge >= 0.3 is 5.97 Å². The number of carbonyl (C=O) groups is 1. The summed E-state index contributed by atoms with van der Waals surface area (Å²) in [5, 5.41) is 10.5. The van der Waals surface area contributed by atoms with Crippen LogP contribution in [0.2, 0.25) is 0 Å². The average molecular weight is 304 g/mol. The topological polar surface area (TPSA) is 54.6 Å². The van der Waals surface area contributed by atoms with Gasteiger partial charge in [-0.15, -0.1) is 0 Å². The molecule has 0 spiro atoms. The molecule has 4 nitrogen and oxygen atoms in total. The molecule has 0 amide bonds. The highest BCUT2D eigenvalue weighted by atomic mass is 16.4. The van der Waals surface area contributed by atoms with E-state index in [2.05, 4.69) is 33.8 Å². The van der Waals surface area contributed by atoms with Crippen LogP contribution in [0.15, 0.2) is 59.6 Å². The first kappa shape index (κ1) is 13.8. The van der Waals surface area contributed by atoms with Crippen LogP contribution in [0, 0.1) is 0 Å². The van der Waals surface area contributed by atoms with Crippen molar-refractivity contribution in [3.05, 3.63) is 71.4 Å². The fourth-order valence-electron chi connectivity index (χ4n) is 3.29. The molecule has 0 atom stereocenters. The number of carboxylic acid groups (broad SMARTS) is 1. The molecule has 0 saturated heterocycles. The van der Waals surface area contributed by atoms with Gasteiger partial charge in [0.2, 0.25) is 0 Å². The summed E-state index contributed by atoms with van der Waals surface area (Å²) in [7, 11) is 0. The van der Waals surface area contributed by atoms with E-state index in [0.29, 0.717) is 13.0 Å². The number of hydrogen-bond donors (Lipinski definition) is 1. The molecule has 114 valence electrons. The van der Waals surface area contributed by atoms with Crippen molar-refractivity contribution in [3.8, 4) is 0 Å². The van der Waals surface area contributed by atoms with Crippen LogP contribution in [0.4, 0.5) is 0 Å². The van der Waals surface area contributed by atoms with Crippen LogP contribution in [0.1, 0.15) is 16.8 Å². The standard InChI is InChI=1S/C19H16N2O2/c22-19(23)16-10-18-15(11-20-16)14-8-4-5-9-17(14)21(18)12-13-6-2-1-3-7-13/h1-9H,10-12H2,(H,22,23). The van der Waals surface area contributed by atoms with Crippen molar-refractivity contribution in [1.82, 2.24) is 4.57 Å². The first-order valence-electron chi connectivity index (χ1n) is 7.63. The van der Waals surface area contributed by atoms with E-state index >= 15 is 0 Å². The Hall–Kier alpha value is -2.88. The predicted octanol–water partition coefficient (Wildman–Crippen LogP) is 3.27. The molecule has 0 unspecified atom stereocenters. The normalized spacial score (nSPS) is 13.7.